The van der Waals surface area contributed by atoms with Crippen molar-refractivity contribution in [2.24, 2.45) is 0 Å². The number of alkyl halides is 1. The molecular weight excluding hydrogens is 234 g/mol. The predicted octanol–water partition coefficient (Wildman–Crippen LogP) is 3.14. The average Bonchev–Trinajstić information content (AvgIpc) is 2.98. The molecule has 1 aliphatic rings. The van der Waals surface area contributed by atoms with Gasteiger partial charge < -0.3 is 0 Å². The van der Waals surface area contributed by atoms with Crippen molar-refractivity contribution in [2.75, 3.05) is 0 Å². The van der Waals surface area contributed by atoms with Crippen LogP contribution in [0.3, 0.4) is 0 Å². The van der Waals surface area contributed by atoms with Gasteiger partial charge in [0.15, 0.2) is 0 Å². The number of hydrogen-bond acceptors (Lipinski definition) is 2. The third-order valence-electron chi connectivity index (χ3n) is 3.36. The van der Waals surface area contributed by atoms with E-state index in [0.717, 1.165) is 24.9 Å². The molecule has 1 fully saturated rings. The summed E-state index contributed by atoms with van der Waals surface area (Å²) in [5.74, 6) is 0.493. The van der Waals surface area contributed by atoms with E-state index in [1.807, 2.05) is 41.2 Å². The zero-order valence-corrected chi connectivity index (χ0v) is 10.2. The van der Waals surface area contributed by atoms with Crippen LogP contribution in [0.1, 0.15) is 30.9 Å². The maximum Gasteiger partial charge on any atom is 0.0732 e. The van der Waals surface area contributed by atoms with Crippen LogP contribution in [0.15, 0.2) is 36.5 Å². The molecule has 0 N–H and O–H groups in total. The Labute approximate surface area is 105 Å². The Bertz CT molecular complexity index is 494. The lowest BCUT2D eigenvalue weighted by Crippen LogP contribution is -2.05. The highest BCUT2D eigenvalue weighted by atomic mass is 35.5. The van der Waals surface area contributed by atoms with Crippen molar-refractivity contribution in [3.05, 3.63) is 42.2 Å². The Morgan fingerprint density at radius 3 is 2.71 bits per heavy atom. The third-order valence-corrected chi connectivity index (χ3v) is 3.76. The number of rotatable bonds is 2. The molecule has 0 bridgehead atoms. The minimum Gasteiger partial charge on any atom is -0.217 e. The number of benzene rings is 1. The number of nitrogens with zero attached hydrogens (tertiary/aromatic N) is 3. The van der Waals surface area contributed by atoms with Gasteiger partial charge >= 0.3 is 0 Å². The Morgan fingerprint density at radius 1 is 1.18 bits per heavy atom. The van der Waals surface area contributed by atoms with Gasteiger partial charge in [-0.05, 0) is 31.4 Å². The third kappa shape index (κ3) is 2.07. The fraction of sp³-hybridized carbons (Fsp3) is 0.385. The average molecular weight is 248 g/mol. The van der Waals surface area contributed by atoms with Crippen LogP contribution in [0.2, 0.25) is 0 Å². The molecule has 1 heterocycles. The quantitative estimate of drug-likeness (QED) is 0.764. The maximum atomic E-state index is 6.17. The minimum absolute atomic E-state index is 0.305. The van der Waals surface area contributed by atoms with E-state index in [4.69, 9.17) is 11.6 Å². The van der Waals surface area contributed by atoms with Gasteiger partial charge in [-0.2, -0.15) is 0 Å². The van der Waals surface area contributed by atoms with Crippen LogP contribution in [0.25, 0.3) is 5.69 Å². The molecule has 1 aliphatic carbocycles. The van der Waals surface area contributed by atoms with Crippen LogP contribution in [0.5, 0.6) is 0 Å². The van der Waals surface area contributed by atoms with E-state index in [0.29, 0.717) is 11.3 Å². The van der Waals surface area contributed by atoms with Crippen molar-refractivity contribution >= 4 is 11.6 Å². The highest BCUT2D eigenvalue weighted by Gasteiger charge is 2.27. The van der Waals surface area contributed by atoms with E-state index in [-0.39, 0.29) is 0 Å². The molecule has 1 aromatic heterocycles. The van der Waals surface area contributed by atoms with Gasteiger partial charge in [0.2, 0.25) is 0 Å². The van der Waals surface area contributed by atoms with E-state index in [1.54, 1.807) is 0 Å². The summed E-state index contributed by atoms with van der Waals surface area (Å²) < 4.78 is 1.93. The smallest absolute Gasteiger partial charge is 0.0732 e. The van der Waals surface area contributed by atoms with E-state index in [2.05, 4.69) is 10.3 Å². The second-order valence-corrected chi connectivity index (χ2v) is 5.13. The standard InChI is InChI=1S/C13H14ClN3/c14-11-7-6-10(8-11)13-9-15-16-17(13)12-4-2-1-3-5-12/h1-5,9-11H,6-8H2. The molecular formula is C13H14ClN3. The maximum absolute atomic E-state index is 6.17. The topological polar surface area (TPSA) is 30.7 Å². The molecule has 2 unspecified atom stereocenters. The van der Waals surface area contributed by atoms with Crippen LogP contribution in [0.4, 0.5) is 0 Å². The first-order chi connectivity index (χ1) is 8.34. The normalized spacial score (nSPS) is 24.1. The Balaban J connectivity index is 1.95. The largest absolute Gasteiger partial charge is 0.217 e. The molecule has 4 heteroatoms. The first-order valence-corrected chi connectivity index (χ1v) is 6.38. The lowest BCUT2D eigenvalue weighted by molar-refractivity contribution is 0.650. The summed E-state index contributed by atoms with van der Waals surface area (Å²) in [6.07, 6.45) is 5.12. The molecule has 1 aromatic carbocycles. The zero-order valence-electron chi connectivity index (χ0n) is 9.46. The molecule has 88 valence electrons. The predicted molar refractivity (Wildman–Crippen MR) is 67.6 cm³/mol. The summed E-state index contributed by atoms with van der Waals surface area (Å²) in [6, 6.07) is 10.1. The number of hydrogen-bond donors (Lipinski definition) is 0. The van der Waals surface area contributed by atoms with E-state index in [1.165, 1.54) is 5.69 Å². The molecule has 3 nitrogen and oxygen atoms in total. The van der Waals surface area contributed by atoms with Gasteiger partial charge in [0.25, 0.3) is 0 Å². The summed E-state index contributed by atoms with van der Waals surface area (Å²) in [4.78, 5) is 0. The van der Waals surface area contributed by atoms with Gasteiger partial charge in [-0.3, -0.25) is 0 Å². The lowest BCUT2D eigenvalue weighted by Gasteiger charge is -2.11. The van der Waals surface area contributed by atoms with Crippen molar-refractivity contribution in [3.8, 4) is 5.69 Å². The van der Waals surface area contributed by atoms with Crippen molar-refractivity contribution in [3.63, 3.8) is 0 Å². The Morgan fingerprint density at radius 2 is 2.00 bits per heavy atom. The fourth-order valence-corrected chi connectivity index (χ4v) is 2.83. The highest BCUT2D eigenvalue weighted by molar-refractivity contribution is 6.20. The van der Waals surface area contributed by atoms with Crippen LogP contribution in [-0.2, 0) is 0 Å². The Kier molecular flexibility index (Phi) is 2.85. The van der Waals surface area contributed by atoms with Crippen LogP contribution in [0, 0.1) is 0 Å². The van der Waals surface area contributed by atoms with Crippen molar-refractivity contribution in [1.29, 1.82) is 0 Å². The highest BCUT2D eigenvalue weighted by Crippen LogP contribution is 2.37. The Hall–Kier alpha value is -1.35. The van der Waals surface area contributed by atoms with Crippen molar-refractivity contribution in [1.82, 2.24) is 15.0 Å². The van der Waals surface area contributed by atoms with Crippen molar-refractivity contribution < 1.29 is 0 Å². The summed E-state index contributed by atoms with van der Waals surface area (Å²) >= 11 is 6.17. The number of aromatic nitrogens is 3. The first kappa shape index (κ1) is 10.8. The van der Waals surface area contributed by atoms with Crippen molar-refractivity contribution in [2.45, 2.75) is 30.6 Å². The monoisotopic (exact) mass is 247 g/mol. The fourth-order valence-electron chi connectivity index (χ4n) is 2.49. The van der Waals surface area contributed by atoms with Crippen LogP contribution in [-0.4, -0.2) is 20.4 Å². The summed E-state index contributed by atoms with van der Waals surface area (Å²) in [5, 5.41) is 8.52. The minimum atomic E-state index is 0.305. The summed E-state index contributed by atoms with van der Waals surface area (Å²) in [6.45, 7) is 0. The lowest BCUT2D eigenvalue weighted by atomic mass is 10.0. The van der Waals surface area contributed by atoms with Gasteiger partial charge in [0, 0.05) is 11.3 Å². The van der Waals surface area contributed by atoms with E-state index in [9.17, 15) is 0 Å². The van der Waals surface area contributed by atoms with E-state index < -0.39 is 0 Å². The van der Waals surface area contributed by atoms with Gasteiger partial charge in [-0.1, -0.05) is 23.4 Å². The molecule has 0 spiro atoms. The molecule has 2 atom stereocenters. The zero-order chi connectivity index (χ0) is 11.7. The van der Waals surface area contributed by atoms with Gasteiger partial charge in [0.1, 0.15) is 0 Å². The van der Waals surface area contributed by atoms with Gasteiger partial charge in [0.05, 0.1) is 17.6 Å². The number of halogens is 1. The molecule has 3 rings (SSSR count). The first-order valence-electron chi connectivity index (χ1n) is 5.94. The summed E-state index contributed by atoms with van der Waals surface area (Å²) in [7, 11) is 0. The molecule has 0 radical (unpaired) electrons. The number of para-hydroxylation sites is 1. The molecule has 0 saturated heterocycles. The van der Waals surface area contributed by atoms with E-state index >= 15 is 0 Å². The van der Waals surface area contributed by atoms with Gasteiger partial charge in [-0.25, -0.2) is 4.68 Å². The van der Waals surface area contributed by atoms with Gasteiger partial charge in [-0.15, -0.1) is 16.7 Å². The van der Waals surface area contributed by atoms with Crippen LogP contribution < -0.4 is 0 Å². The molecule has 0 amide bonds. The second-order valence-electron chi connectivity index (χ2n) is 4.51. The molecule has 17 heavy (non-hydrogen) atoms. The SMILES string of the molecule is ClC1CCC(c2cnnn2-c2ccccc2)C1. The molecule has 1 saturated carbocycles. The van der Waals surface area contributed by atoms with Crippen LogP contribution >= 0.6 is 11.6 Å². The second kappa shape index (κ2) is 4.49. The summed E-state index contributed by atoms with van der Waals surface area (Å²) in [5.41, 5.74) is 2.25. The molecule has 0 aliphatic heterocycles. The molecule has 2 aromatic rings.